The van der Waals surface area contributed by atoms with E-state index in [9.17, 15) is 4.79 Å². The molecule has 1 heterocycles. The minimum atomic E-state index is 0.293. The molecule has 1 amide bonds. The van der Waals surface area contributed by atoms with Gasteiger partial charge in [-0.25, -0.2) is 0 Å². The van der Waals surface area contributed by atoms with Crippen molar-refractivity contribution in [3.63, 3.8) is 0 Å². The molecule has 1 saturated heterocycles. The van der Waals surface area contributed by atoms with Gasteiger partial charge in [0.25, 0.3) is 0 Å². The average molecular weight is 316 g/mol. The maximum Gasteiger partial charge on any atom is 0.222 e. The maximum absolute atomic E-state index is 11.8. The van der Waals surface area contributed by atoms with Crippen molar-refractivity contribution in [3.8, 4) is 0 Å². The van der Waals surface area contributed by atoms with E-state index in [0.717, 1.165) is 32.4 Å². The fraction of sp³-hybridized carbons (Fsp3) is 0.650. The smallest absolute Gasteiger partial charge is 0.222 e. The highest BCUT2D eigenvalue weighted by Gasteiger charge is 2.25. The van der Waals surface area contributed by atoms with Crippen LogP contribution >= 0.6 is 0 Å². The van der Waals surface area contributed by atoms with Gasteiger partial charge in [0.05, 0.1) is 0 Å². The Labute approximate surface area is 141 Å². The Hall–Kier alpha value is -1.35. The van der Waals surface area contributed by atoms with Crippen LogP contribution in [0.4, 0.5) is 0 Å². The summed E-state index contributed by atoms with van der Waals surface area (Å²) in [5.41, 5.74) is 2.79. The standard InChI is InChI=1S/C20H32N2O/c1-5-20(23)22-12-10-17(11-13-22)21-19(14-15(2)3)18-9-7-6-8-16(18)4/h6-9,15,17,19,21H,5,10-14H2,1-4H3/t19-/m0/s1. The third-order valence-corrected chi connectivity index (χ3v) is 4.86. The number of rotatable bonds is 6. The molecule has 1 atom stereocenters. The molecule has 0 saturated carbocycles. The zero-order valence-electron chi connectivity index (χ0n) is 15.1. The highest BCUT2D eigenvalue weighted by molar-refractivity contribution is 5.75. The number of nitrogens with zero attached hydrogens (tertiary/aromatic N) is 1. The lowest BCUT2D eigenvalue weighted by Crippen LogP contribution is -2.45. The van der Waals surface area contributed by atoms with Crippen LogP contribution < -0.4 is 5.32 Å². The lowest BCUT2D eigenvalue weighted by atomic mass is 9.92. The third kappa shape index (κ3) is 5.07. The van der Waals surface area contributed by atoms with E-state index in [1.54, 1.807) is 0 Å². The molecule has 1 aliphatic rings. The molecule has 128 valence electrons. The van der Waals surface area contributed by atoms with Crippen LogP contribution in [0.3, 0.4) is 0 Å². The maximum atomic E-state index is 11.8. The van der Waals surface area contributed by atoms with Crippen molar-refractivity contribution in [3.05, 3.63) is 35.4 Å². The van der Waals surface area contributed by atoms with Crippen molar-refractivity contribution in [2.24, 2.45) is 5.92 Å². The molecule has 0 aromatic heterocycles. The number of carbonyl (C=O) groups excluding carboxylic acids is 1. The van der Waals surface area contributed by atoms with Gasteiger partial charge in [-0.05, 0) is 43.2 Å². The Balaban J connectivity index is 2.00. The zero-order chi connectivity index (χ0) is 16.8. The van der Waals surface area contributed by atoms with E-state index in [2.05, 4.69) is 50.4 Å². The lowest BCUT2D eigenvalue weighted by molar-refractivity contribution is -0.131. The summed E-state index contributed by atoms with van der Waals surface area (Å²) in [7, 11) is 0. The number of nitrogens with one attached hydrogen (secondary N) is 1. The van der Waals surface area contributed by atoms with E-state index < -0.39 is 0 Å². The minimum absolute atomic E-state index is 0.293. The van der Waals surface area contributed by atoms with Gasteiger partial charge >= 0.3 is 0 Å². The van der Waals surface area contributed by atoms with Crippen LogP contribution in [0.2, 0.25) is 0 Å². The van der Waals surface area contributed by atoms with Gasteiger partial charge in [0.2, 0.25) is 5.91 Å². The third-order valence-electron chi connectivity index (χ3n) is 4.86. The first-order valence-corrected chi connectivity index (χ1v) is 9.10. The summed E-state index contributed by atoms with van der Waals surface area (Å²) in [4.78, 5) is 13.8. The van der Waals surface area contributed by atoms with Crippen molar-refractivity contribution >= 4 is 5.91 Å². The quantitative estimate of drug-likeness (QED) is 0.858. The molecule has 1 aromatic rings. The molecule has 1 aromatic carbocycles. The fourth-order valence-electron chi connectivity index (χ4n) is 3.54. The van der Waals surface area contributed by atoms with Crippen molar-refractivity contribution < 1.29 is 4.79 Å². The normalized spacial score (nSPS) is 17.5. The van der Waals surface area contributed by atoms with Crippen molar-refractivity contribution in [2.75, 3.05) is 13.1 Å². The second kappa shape index (κ2) is 8.49. The van der Waals surface area contributed by atoms with E-state index in [4.69, 9.17) is 0 Å². The van der Waals surface area contributed by atoms with Crippen molar-refractivity contribution in [1.29, 1.82) is 0 Å². The summed E-state index contributed by atoms with van der Waals surface area (Å²) >= 11 is 0. The van der Waals surface area contributed by atoms with E-state index >= 15 is 0 Å². The Bertz CT molecular complexity index is 504. The fourth-order valence-corrected chi connectivity index (χ4v) is 3.54. The van der Waals surface area contributed by atoms with E-state index in [-0.39, 0.29) is 0 Å². The van der Waals surface area contributed by atoms with Crippen LogP contribution in [0, 0.1) is 12.8 Å². The van der Waals surface area contributed by atoms with Crippen LogP contribution in [0.15, 0.2) is 24.3 Å². The molecule has 1 fully saturated rings. The summed E-state index contributed by atoms with van der Waals surface area (Å²) in [5.74, 6) is 0.954. The van der Waals surface area contributed by atoms with E-state index in [1.807, 2.05) is 11.8 Å². The number of hydrogen-bond acceptors (Lipinski definition) is 2. The number of carbonyl (C=O) groups is 1. The van der Waals surface area contributed by atoms with Crippen LogP contribution in [0.1, 0.15) is 63.6 Å². The first-order chi connectivity index (χ1) is 11.0. The molecule has 2 rings (SSSR count). The van der Waals surface area contributed by atoms with Gasteiger partial charge in [0.15, 0.2) is 0 Å². The van der Waals surface area contributed by atoms with Crippen LogP contribution in [-0.4, -0.2) is 29.9 Å². The molecule has 0 unspecified atom stereocenters. The average Bonchev–Trinajstić information content (AvgIpc) is 2.54. The van der Waals surface area contributed by atoms with Gasteiger partial charge in [-0.1, -0.05) is 45.0 Å². The van der Waals surface area contributed by atoms with Crippen LogP contribution in [-0.2, 0) is 4.79 Å². The molecule has 0 spiro atoms. The molecule has 1 N–H and O–H groups in total. The number of hydrogen-bond donors (Lipinski definition) is 1. The Morgan fingerprint density at radius 3 is 2.48 bits per heavy atom. The second-order valence-electron chi connectivity index (χ2n) is 7.21. The molecule has 0 aliphatic carbocycles. The molecule has 3 nitrogen and oxygen atoms in total. The molecular weight excluding hydrogens is 284 g/mol. The monoisotopic (exact) mass is 316 g/mol. The molecule has 0 radical (unpaired) electrons. The summed E-state index contributed by atoms with van der Waals surface area (Å²) in [6, 6.07) is 9.63. The van der Waals surface area contributed by atoms with Gasteiger partial charge in [-0.2, -0.15) is 0 Å². The molecular formula is C20H32N2O. The van der Waals surface area contributed by atoms with E-state index in [0.29, 0.717) is 30.3 Å². The molecule has 3 heteroatoms. The summed E-state index contributed by atoms with van der Waals surface area (Å²) in [6.07, 6.45) is 3.90. The topological polar surface area (TPSA) is 32.3 Å². The SMILES string of the molecule is CCC(=O)N1CCC(N[C@@H](CC(C)C)c2ccccc2C)CC1. The number of piperidine rings is 1. The number of amides is 1. The van der Waals surface area contributed by atoms with E-state index in [1.165, 1.54) is 11.1 Å². The summed E-state index contributed by atoms with van der Waals surface area (Å²) in [5, 5.41) is 3.88. The summed E-state index contributed by atoms with van der Waals surface area (Å²) in [6.45, 7) is 10.5. The molecule has 0 bridgehead atoms. The number of aryl methyl sites for hydroxylation is 1. The van der Waals surface area contributed by atoms with Gasteiger partial charge < -0.3 is 10.2 Å². The predicted octanol–water partition coefficient (Wildman–Crippen LogP) is 4.07. The Kier molecular flexibility index (Phi) is 6.64. The largest absolute Gasteiger partial charge is 0.343 e. The van der Waals surface area contributed by atoms with Gasteiger partial charge in [-0.15, -0.1) is 0 Å². The second-order valence-corrected chi connectivity index (χ2v) is 7.21. The predicted molar refractivity (Wildman–Crippen MR) is 96.4 cm³/mol. The minimum Gasteiger partial charge on any atom is -0.343 e. The van der Waals surface area contributed by atoms with Crippen LogP contribution in [0.5, 0.6) is 0 Å². The lowest BCUT2D eigenvalue weighted by Gasteiger charge is -2.35. The zero-order valence-corrected chi connectivity index (χ0v) is 15.1. The van der Waals surface area contributed by atoms with Crippen molar-refractivity contribution in [2.45, 2.75) is 65.5 Å². The highest BCUT2D eigenvalue weighted by Crippen LogP contribution is 2.26. The number of likely N-dealkylation sites (tertiary alicyclic amines) is 1. The van der Waals surface area contributed by atoms with Crippen LogP contribution in [0.25, 0.3) is 0 Å². The first-order valence-electron chi connectivity index (χ1n) is 9.10. The van der Waals surface area contributed by atoms with Gasteiger partial charge in [0, 0.05) is 31.6 Å². The van der Waals surface area contributed by atoms with Gasteiger partial charge in [-0.3, -0.25) is 4.79 Å². The highest BCUT2D eigenvalue weighted by atomic mass is 16.2. The molecule has 1 aliphatic heterocycles. The Morgan fingerprint density at radius 1 is 1.26 bits per heavy atom. The van der Waals surface area contributed by atoms with Gasteiger partial charge in [0.1, 0.15) is 0 Å². The molecule has 23 heavy (non-hydrogen) atoms. The van der Waals surface area contributed by atoms with Crippen molar-refractivity contribution in [1.82, 2.24) is 10.2 Å². The Morgan fingerprint density at radius 2 is 1.91 bits per heavy atom. The number of benzene rings is 1. The summed E-state index contributed by atoms with van der Waals surface area (Å²) < 4.78 is 0. The first kappa shape index (κ1) is 18.0.